The van der Waals surface area contributed by atoms with Gasteiger partial charge in [0, 0.05) is 19.0 Å². The van der Waals surface area contributed by atoms with Gasteiger partial charge in [0.15, 0.2) is 0 Å². The number of nitrogens with two attached hydrogens (primary N) is 1. The summed E-state index contributed by atoms with van der Waals surface area (Å²) in [4.78, 5) is 11.5. The van der Waals surface area contributed by atoms with Gasteiger partial charge in [-0.25, -0.2) is 0 Å². The molecule has 0 aromatic carbocycles. The molecule has 0 aliphatic heterocycles. The summed E-state index contributed by atoms with van der Waals surface area (Å²) in [5.74, 6) is 1.24. The minimum atomic E-state index is 0.163. The Labute approximate surface area is 93.8 Å². The van der Waals surface area contributed by atoms with E-state index in [1.165, 1.54) is 0 Å². The molecule has 3 nitrogen and oxygen atoms in total. The molecule has 0 rings (SSSR count). The predicted octanol–water partition coefficient (Wildman–Crippen LogP) is 1.91. The second kappa shape index (κ2) is 7.69. The molecule has 0 spiro atoms. The van der Waals surface area contributed by atoms with Gasteiger partial charge in [0.1, 0.15) is 0 Å². The van der Waals surface area contributed by atoms with Crippen LogP contribution in [0.2, 0.25) is 0 Å². The van der Waals surface area contributed by atoms with Crippen molar-refractivity contribution >= 4 is 5.91 Å². The SMILES string of the molecule is CCC(CC(=O)NCCC(C)N)C(C)C. The minimum Gasteiger partial charge on any atom is -0.356 e. The zero-order valence-electron chi connectivity index (χ0n) is 10.5. The van der Waals surface area contributed by atoms with E-state index < -0.39 is 0 Å². The van der Waals surface area contributed by atoms with Gasteiger partial charge in [0.05, 0.1) is 0 Å². The summed E-state index contributed by atoms with van der Waals surface area (Å²) >= 11 is 0. The maximum atomic E-state index is 11.5. The van der Waals surface area contributed by atoms with Crippen LogP contribution in [0.1, 0.15) is 47.0 Å². The van der Waals surface area contributed by atoms with Crippen LogP contribution < -0.4 is 11.1 Å². The van der Waals surface area contributed by atoms with Crippen LogP contribution in [0.25, 0.3) is 0 Å². The molecule has 2 atom stereocenters. The molecule has 0 heterocycles. The molecular formula is C12H26N2O. The maximum absolute atomic E-state index is 11.5. The zero-order chi connectivity index (χ0) is 11.8. The van der Waals surface area contributed by atoms with E-state index in [1.54, 1.807) is 0 Å². The lowest BCUT2D eigenvalue weighted by Crippen LogP contribution is -2.30. The Morgan fingerprint density at radius 3 is 2.33 bits per heavy atom. The molecule has 1 amide bonds. The number of rotatable bonds is 7. The van der Waals surface area contributed by atoms with Gasteiger partial charge in [-0.3, -0.25) is 4.79 Å². The molecule has 0 aliphatic rings. The quantitative estimate of drug-likeness (QED) is 0.680. The van der Waals surface area contributed by atoms with Crippen LogP contribution in [0.3, 0.4) is 0 Å². The molecule has 0 aromatic rings. The fraction of sp³-hybridized carbons (Fsp3) is 0.917. The first-order valence-electron chi connectivity index (χ1n) is 5.99. The van der Waals surface area contributed by atoms with Crippen molar-refractivity contribution in [2.45, 2.75) is 53.0 Å². The molecule has 0 bridgehead atoms. The largest absolute Gasteiger partial charge is 0.356 e. The molecule has 0 saturated carbocycles. The van der Waals surface area contributed by atoms with Crippen LogP contribution in [-0.4, -0.2) is 18.5 Å². The van der Waals surface area contributed by atoms with Crippen LogP contribution in [0, 0.1) is 11.8 Å². The Hall–Kier alpha value is -0.570. The lowest BCUT2D eigenvalue weighted by Gasteiger charge is -2.18. The highest BCUT2D eigenvalue weighted by molar-refractivity contribution is 5.76. The lowest BCUT2D eigenvalue weighted by molar-refractivity contribution is -0.122. The van der Waals surface area contributed by atoms with Gasteiger partial charge in [-0.1, -0.05) is 27.2 Å². The van der Waals surface area contributed by atoms with Crippen molar-refractivity contribution in [3.8, 4) is 0 Å². The first-order chi connectivity index (χ1) is 6.97. The predicted molar refractivity (Wildman–Crippen MR) is 64.5 cm³/mol. The van der Waals surface area contributed by atoms with Gasteiger partial charge in [-0.2, -0.15) is 0 Å². The third kappa shape index (κ3) is 7.37. The van der Waals surface area contributed by atoms with Gasteiger partial charge in [0.2, 0.25) is 5.91 Å². The standard InChI is InChI=1S/C12H26N2O/c1-5-11(9(2)3)8-12(15)14-7-6-10(4)13/h9-11H,5-8,13H2,1-4H3,(H,14,15). The second-order valence-corrected chi connectivity index (χ2v) is 4.73. The van der Waals surface area contributed by atoms with Crippen LogP contribution in [-0.2, 0) is 4.79 Å². The molecule has 2 unspecified atom stereocenters. The summed E-state index contributed by atoms with van der Waals surface area (Å²) in [6.45, 7) is 9.13. The normalized spacial score (nSPS) is 15.1. The highest BCUT2D eigenvalue weighted by atomic mass is 16.1. The molecule has 0 radical (unpaired) electrons. The zero-order valence-corrected chi connectivity index (χ0v) is 10.5. The van der Waals surface area contributed by atoms with E-state index in [-0.39, 0.29) is 11.9 Å². The fourth-order valence-electron chi connectivity index (χ4n) is 1.60. The first kappa shape index (κ1) is 14.4. The molecule has 0 aliphatic carbocycles. The molecule has 3 heteroatoms. The van der Waals surface area contributed by atoms with E-state index in [0.29, 0.717) is 24.8 Å². The number of carbonyl (C=O) groups is 1. The Kier molecular flexibility index (Phi) is 7.39. The van der Waals surface area contributed by atoms with Gasteiger partial charge in [-0.15, -0.1) is 0 Å². The van der Waals surface area contributed by atoms with Gasteiger partial charge >= 0.3 is 0 Å². The van der Waals surface area contributed by atoms with Crippen molar-refractivity contribution in [3.05, 3.63) is 0 Å². The van der Waals surface area contributed by atoms with Crippen molar-refractivity contribution in [3.63, 3.8) is 0 Å². The van der Waals surface area contributed by atoms with E-state index in [0.717, 1.165) is 12.8 Å². The smallest absolute Gasteiger partial charge is 0.220 e. The van der Waals surface area contributed by atoms with Crippen molar-refractivity contribution in [2.75, 3.05) is 6.54 Å². The van der Waals surface area contributed by atoms with Crippen molar-refractivity contribution in [2.24, 2.45) is 17.6 Å². The second-order valence-electron chi connectivity index (χ2n) is 4.73. The molecular weight excluding hydrogens is 188 g/mol. The third-order valence-electron chi connectivity index (χ3n) is 2.84. The number of hydrogen-bond donors (Lipinski definition) is 2. The van der Waals surface area contributed by atoms with Crippen molar-refractivity contribution < 1.29 is 4.79 Å². The van der Waals surface area contributed by atoms with Crippen LogP contribution in [0.15, 0.2) is 0 Å². The van der Waals surface area contributed by atoms with Crippen molar-refractivity contribution in [1.82, 2.24) is 5.32 Å². The van der Waals surface area contributed by atoms with E-state index in [4.69, 9.17) is 5.73 Å². The average Bonchev–Trinajstić information content (AvgIpc) is 2.13. The van der Waals surface area contributed by atoms with E-state index in [2.05, 4.69) is 26.1 Å². The lowest BCUT2D eigenvalue weighted by atomic mass is 9.90. The number of carbonyl (C=O) groups excluding carboxylic acids is 1. The average molecular weight is 214 g/mol. The number of hydrogen-bond acceptors (Lipinski definition) is 2. The Bertz CT molecular complexity index is 178. The Balaban J connectivity index is 3.72. The summed E-state index contributed by atoms with van der Waals surface area (Å²) in [5.41, 5.74) is 5.60. The van der Waals surface area contributed by atoms with Crippen molar-refractivity contribution in [1.29, 1.82) is 0 Å². The number of nitrogens with one attached hydrogen (secondary N) is 1. The molecule has 3 N–H and O–H groups in total. The maximum Gasteiger partial charge on any atom is 0.220 e. The summed E-state index contributed by atoms with van der Waals surface area (Å²) in [6, 6.07) is 0.164. The highest BCUT2D eigenvalue weighted by Gasteiger charge is 2.15. The number of amides is 1. The summed E-state index contributed by atoms with van der Waals surface area (Å²) in [5, 5.41) is 2.91. The molecule has 90 valence electrons. The van der Waals surface area contributed by atoms with Crippen LogP contribution in [0.4, 0.5) is 0 Å². The van der Waals surface area contributed by atoms with E-state index >= 15 is 0 Å². The topological polar surface area (TPSA) is 55.1 Å². The molecule has 0 fully saturated rings. The Morgan fingerprint density at radius 2 is 1.93 bits per heavy atom. The van der Waals surface area contributed by atoms with Crippen LogP contribution in [0.5, 0.6) is 0 Å². The fourth-order valence-corrected chi connectivity index (χ4v) is 1.60. The molecule has 0 aromatic heterocycles. The Morgan fingerprint density at radius 1 is 1.33 bits per heavy atom. The molecule has 0 saturated heterocycles. The summed E-state index contributed by atoms with van der Waals surface area (Å²) in [7, 11) is 0. The monoisotopic (exact) mass is 214 g/mol. The van der Waals surface area contributed by atoms with Gasteiger partial charge in [-0.05, 0) is 25.2 Å². The highest BCUT2D eigenvalue weighted by Crippen LogP contribution is 2.18. The summed E-state index contributed by atoms with van der Waals surface area (Å²) < 4.78 is 0. The minimum absolute atomic E-state index is 0.163. The van der Waals surface area contributed by atoms with Gasteiger partial charge in [0.25, 0.3) is 0 Å². The van der Waals surface area contributed by atoms with E-state index in [1.807, 2.05) is 6.92 Å². The van der Waals surface area contributed by atoms with Gasteiger partial charge < -0.3 is 11.1 Å². The first-order valence-corrected chi connectivity index (χ1v) is 5.99. The summed E-state index contributed by atoms with van der Waals surface area (Å²) in [6.07, 6.45) is 2.57. The third-order valence-corrected chi connectivity index (χ3v) is 2.84. The van der Waals surface area contributed by atoms with E-state index in [9.17, 15) is 4.79 Å². The van der Waals surface area contributed by atoms with Crippen LogP contribution >= 0.6 is 0 Å². The molecule has 15 heavy (non-hydrogen) atoms.